The third-order valence-corrected chi connectivity index (χ3v) is 2.97. The molecule has 0 aliphatic heterocycles. The molecular weight excluding hydrogens is 210 g/mol. The number of rotatable bonds is 7. The molecule has 0 saturated heterocycles. The Hall–Kier alpha value is -1.02. The second-order valence-electron chi connectivity index (χ2n) is 4.73. The zero-order valence-corrected chi connectivity index (χ0v) is 11.5. The first kappa shape index (κ1) is 14.0. The maximum Gasteiger partial charge on any atom is 0.122 e. The third-order valence-electron chi connectivity index (χ3n) is 2.97. The molecule has 0 bridgehead atoms. The van der Waals surface area contributed by atoms with E-state index >= 15 is 0 Å². The molecule has 0 saturated carbocycles. The van der Waals surface area contributed by atoms with Crippen LogP contribution in [0.1, 0.15) is 44.2 Å². The molecule has 1 aromatic rings. The number of hydrogen-bond donors (Lipinski definition) is 1. The highest BCUT2D eigenvalue weighted by atomic mass is 16.5. The molecular formula is C15H25NO. The molecule has 1 aromatic carbocycles. The molecule has 0 atom stereocenters. The van der Waals surface area contributed by atoms with E-state index in [1.165, 1.54) is 17.5 Å². The SMILES string of the molecule is CCCNCCc1cc(C(C)C)ccc1OC. The Bertz CT molecular complexity index is 334. The number of ether oxygens (including phenoxy) is 1. The first-order valence-corrected chi connectivity index (χ1v) is 6.56. The molecule has 96 valence electrons. The Kier molecular flexibility index (Phi) is 6.06. The van der Waals surface area contributed by atoms with Gasteiger partial charge in [0.2, 0.25) is 0 Å². The van der Waals surface area contributed by atoms with E-state index in [0.717, 1.165) is 25.3 Å². The zero-order valence-electron chi connectivity index (χ0n) is 11.5. The summed E-state index contributed by atoms with van der Waals surface area (Å²) < 4.78 is 5.41. The molecule has 2 nitrogen and oxygen atoms in total. The van der Waals surface area contributed by atoms with Crippen molar-refractivity contribution >= 4 is 0 Å². The van der Waals surface area contributed by atoms with Crippen molar-refractivity contribution in [3.63, 3.8) is 0 Å². The van der Waals surface area contributed by atoms with Crippen LogP contribution in [-0.2, 0) is 6.42 Å². The second-order valence-corrected chi connectivity index (χ2v) is 4.73. The molecule has 0 radical (unpaired) electrons. The Balaban J connectivity index is 2.69. The van der Waals surface area contributed by atoms with Crippen molar-refractivity contribution in [2.24, 2.45) is 0 Å². The fourth-order valence-corrected chi connectivity index (χ4v) is 1.88. The molecule has 0 aromatic heterocycles. The normalized spacial score (nSPS) is 10.9. The van der Waals surface area contributed by atoms with Crippen molar-refractivity contribution in [2.75, 3.05) is 20.2 Å². The van der Waals surface area contributed by atoms with Crippen LogP contribution in [0.3, 0.4) is 0 Å². The summed E-state index contributed by atoms with van der Waals surface area (Å²) in [6.45, 7) is 8.74. The highest BCUT2D eigenvalue weighted by Crippen LogP contribution is 2.24. The van der Waals surface area contributed by atoms with Gasteiger partial charge in [-0.15, -0.1) is 0 Å². The van der Waals surface area contributed by atoms with E-state index < -0.39 is 0 Å². The van der Waals surface area contributed by atoms with Gasteiger partial charge >= 0.3 is 0 Å². The molecule has 17 heavy (non-hydrogen) atoms. The average Bonchev–Trinajstić information content (AvgIpc) is 2.34. The monoisotopic (exact) mass is 235 g/mol. The van der Waals surface area contributed by atoms with Crippen molar-refractivity contribution in [3.8, 4) is 5.75 Å². The lowest BCUT2D eigenvalue weighted by Gasteiger charge is -2.13. The molecule has 0 aliphatic carbocycles. The van der Waals surface area contributed by atoms with Gasteiger partial charge in [0.15, 0.2) is 0 Å². The number of hydrogen-bond acceptors (Lipinski definition) is 2. The summed E-state index contributed by atoms with van der Waals surface area (Å²) in [5, 5.41) is 3.43. The van der Waals surface area contributed by atoms with Gasteiger partial charge in [-0.3, -0.25) is 0 Å². The van der Waals surface area contributed by atoms with Crippen molar-refractivity contribution in [2.45, 2.75) is 39.5 Å². The smallest absolute Gasteiger partial charge is 0.122 e. The van der Waals surface area contributed by atoms with Crippen LogP contribution in [0, 0.1) is 0 Å². The van der Waals surface area contributed by atoms with Crippen LogP contribution in [0.15, 0.2) is 18.2 Å². The highest BCUT2D eigenvalue weighted by Gasteiger charge is 2.06. The summed E-state index contributed by atoms with van der Waals surface area (Å²) in [6, 6.07) is 6.52. The lowest BCUT2D eigenvalue weighted by molar-refractivity contribution is 0.409. The molecule has 0 spiro atoms. The molecule has 2 heteroatoms. The molecule has 0 unspecified atom stereocenters. The van der Waals surface area contributed by atoms with Gasteiger partial charge in [-0.2, -0.15) is 0 Å². The lowest BCUT2D eigenvalue weighted by Crippen LogP contribution is -2.18. The van der Waals surface area contributed by atoms with Gasteiger partial charge in [-0.25, -0.2) is 0 Å². The van der Waals surface area contributed by atoms with Gasteiger partial charge in [-0.1, -0.05) is 32.9 Å². The van der Waals surface area contributed by atoms with E-state index in [1.54, 1.807) is 7.11 Å². The first-order chi connectivity index (χ1) is 8.19. The van der Waals surface area contributed by atoms with Gasteiger partial charge in [0.25, 0.3) is 0 Å². The quantitative estimate of drug-likeness (QED) is 0.732. The van der Waals surface area contributed by atoms with E-state index in [1.807, 2.05) is 0 Å². The average molecular weight is 235 g/mol. The largest absolute Gasteiger partial charge is 0.496 e. The number of nitrogens with one attached hydrogen (secondary N) is 1. The lowest BCUT2D eigenvalue weighted by atomic mass is 9.99. The first-order valence-electron chi connectivity index (χ1n) is 6.56. The van der Waals surface area contributed by atoms with Crippen LogP contribution in [0.5, 0.6) is 5.75 Å². The Morgan fingerprint density at radius 3 is 2.59 bits per heavy atom. The van der Waals surface area contributed by atoms with Crippen molar-refractivity contribution < 1.29 is 4.74 Å². The Morgan fingerprint density at radius 2 is 2.00 bits per heavy atom. The Labute approximate surface area is 105 Å². The number of methoxy groups -OCH3 is 1. The molecule has 0 fully saturated rings. The Morgan fingerprint density at radius 1 is 1.24 bits per heavy atom. The summed E-state index contributed by atoms with van der Waals surface area (Å²) in [7, 11) is 1.74. The minimum Gasteiger partial charge on any atom is -0.496 e. The summed E-state index contributed by atoms with van der Waals surface area (Å²) in [6.07, 6.45) is 2.22. The van der Waals surface area contributed by atoms with Crippen LogP contribution >= 0.6 is 0 Å². The minimum absolute atomic E-state index is 0.572. The van der Waals surface area contributed by atoms with Gasteiger partial charge < -0.3 is 10.1 Å². The van der Waals surface area contributed by atoms with E-state index in [4.69, 9.17) is 4.74 Å². The summed E-state index contributed by atoms with van der Waals surface area (Å²) in [4.78, 5) is 0. The maximum absolute atomic E-state index is 5.41. The fraction of sp³-hybridized carbons (Fsp3) is 0.600. The number of benzene rings is 1. The van der Waals surface area contributed by atoms with E-state index in [-0.39, 0.29) is 0 Å². The van der Waals surface area contributed by atoms with Gasteiger partial charge in [0.05, 0.1) is 7.11 Å². The standard InChI is InChI=1S/C15H25NO/c1-5-9-16-10-8-14-11-13(12(2)3)6-7-15(14)17-4/h6-7,11-12,16H,5,8-10H2,1-4H3. The molecule has 0 heterocycles. The van der Waals surface area contributed by atoms with Gasteiger partial charge in [-0.05, 0) is 49.0 Å². The van der Waals surface area contributed by atoms with Crippen LogP contribution in [0.2, 0.25) is 0 Å². The third kappa shape index (κ3) is 4.39. The fourth-order valence-electron chi connectivity index (χ4n) is 1.88. The second kappa shape index (κ2) is 7.33. The molecule has 1 N–H and O–H groups in total. The highest BCUT2D eigenvalue weighted by molar-refractivity contribution is 5.38. The van der Waals surface area contributed by atoms with Crippen molar-refractivity contribution in [1.29, 1.82) is 0 Å². The molecule has 0 aliphatic rings. The van der Waals surface area contributed by atoms with Crippen LogP contribution in [0.4, 0.5) is 0 Å². The predicted molar refractivity (Wildman–Crippen MR) is 73.9 cm³/mol. The topological polar surface area (TPSA) is 21.3 Å². The maximum atomic E-state index is 5.41. The van der Waals surface area contributed by atoms with Gasteiger partial charge in [0, 0.05) is 0 Å². The predicted octanol–water partition coefficient (Wildman–Crippen LogP) is 3.36. The van der Waals surface area contributed by atoms with Crippen molar-refractivity contribution in [3.05, 3.63) is 29.3 Å². The van der Waals surface area contributed by atoms with Crippen LogP contribution in [-0.4, -0.2) is 20.2 Å². The zero-order chi connectivity index (χ0) is 12.7. The van der Waals surface area contributed by atoms with Gasteiger partial charge in [0.1, 0.15) is 5.75 Å². The summed E-state index contributed by atoms with van der Waals surface area (Å²) in [5.41, 5.74) is 2.69. The minimum atomic E-state index is 0.572. The summed E-state index contributed by atoms with van der Waals surface area (Å²) >= 11 is 0. The molecule has 0 amide bonds. The van der Waals surface area contributed by atoms with Crippen LogP contribution in [0.25, 0.3) is 0 Å². The van der Waals surface area contributed by atoms with E-state index in [2.05, 4.69) is 44.3 Å². The van der Waals surface area contributed by atoms with Crippen molar-refractivity contribution in [1.82, 2.24) is 5.32 Å². The molecule has 1 rings (SSSR count). The van der Waals surface area contributed by atoms with E-state index in [9.17, 15) is 0 Å². The summed E-state index contributed by atoms with van der Waals surface area (Å²) in [5.74, 6) is 1.58. The van der Waals surface area contributed by atoms with E-state index in [0.29, 0.717) is 5.92 Å². The van der Waals surface area contributed by atoms with Crippen LogP contribution < -0.4 is 10.1 Å².